The third-order valence-corrected chi connectivity index (χ3v) is 3.57. The summed E-state index contributed by atoms with van der Waals surface area (Å²) >= 11 is 1.93. The molecule has 4 nitrogen and oxygen atoms in total. The molecule has 0 radical (unpaired) electrons. The van der Waals surface area contributed by atoms with Gasteiger partial charge in [0.05, 0.1) is 10.8 Å². The fourth-order valence-electron chi connectivity index (χ4n) is 2.18. The number of aliphatic carboxylic acids is 1. The van der Waals surface area contributed by atoms with E-state index < -0.39 is 12.1 Å². The number of carbonyl (C=O) groups excluding carboxylic acids is 1. The number of halogens is 1. The molecule has 1 saturated carbocycles. The van der Waals surface area contributed by atoms with Crippen molar-refractivity contribution in [1.29, 1.82) is 0 Å². The first-order valence-corrected chi connectivity index (χ1v) is 7.13. The van der Waals surface area contributed by atoms with Gasteiger partial charge in [0.2, 0.25) is 0 Å². The summed E-state index contributed by atoms with van der Waals surface area (Å²) in [6.45, 7) is 0. The second-order valence-corrected chi connectivity index (χ2v) is 4.92. The van der Waals surface area contributed by atoms with Gasteiger partial charge in [-0.3, -0.25) is 9.59 Å². The number of esters is 1. The highest BCUT2D eigenvalue weighted by atomic mass is 127. The molecule has 1 fully saturated rings. The fraction of sp³-hybridized carbons (Fsp3) is 0.818. The number of carboxylic acids is 1. The maximum Gasteiger partial charge on any atom is 0.316 e. The summed E-state index contributed by atoms with van der Waals surface area (Å²) in [5, 5.41) is 8.81. The fourth-order valence-corrected chi connectivity index (χ4v) is 2.36. The van der Waals surface area contributed by atoms with Gasteiger partial charge in [-0.05, 0) is 18.8 Å². The van der Waals surface area contributed by atoms with Crippen LogP contribution in [0, 0.1) is 5.92 Å². The Hall–Kier alpha value is -0.330. The zero-order valence-electron chi connectivity index (χ0n) is 9.15. The van der Waals surface area contributed by atoms with E-state index in [0.717, 1.165) is 25.7 Å². The van der Waals surface area contributed by atoms with Gasteiger partial charge >= 0.3 is 11.9 Å². The lowest BCUT2D eigenvalue weighted by Crippen LogP contribution is -2.31. The van der Waals surface area contributed by atoms with Gasteiger partial charge in [-0.1, -0.05) is 41.9 Å². The third kappa shape index (κ3) is 4.67. The van der Waals surface area contributed by atoms with Crippen molar-refractivity contribution in [2.45, 2.75) is 44.6 Å². The van der Waals surface area contributed by atoms with Crippen LogP contribution >= 0.6 is 22.6 Å². The minimum Gasteiger partial charge on any atom is -0.481 e. The molecule has 0 aliphatic heterocycles. The first-order valence-electron chi connectivity index (χ1n) is 5.60. The van der Waals surface area contributed by atoms with Gasteiger partial charge in [-0.2, -0.15) is 0 Å². The lowest BCUT2D eigenvalue weighted by atomic mass is 9.84. The van der Waals surface area contributed by atoms with Crippen LogP contribution in [0.4, 0.5) is 0 Å². The zero-order chi connectivity index (χ0) is 12.0. The predicted octanol–water partition coefficient (Wildman–Crippen LogP) is 2.39. The van der Waals surface area contributed by atoms with Gasteiger partial charge in [0, 0.05) is 0 Å². The highest BCUT2D eigenvalue weighted by Gasteiger charge is 2.28. The highest BCUT2D eigenvalue weighted by molar-refractivity contribution is 14.1. The monoisotopic (exact) mass is 340 g/mol. The Morgan fingerprint density at radius 3 is 2.44 bits per heavy atom. The number of carboxylic acid groups (broad SMARTS) is 1. The van der Waals surface area contributed by atoms with Gasteiger partial charge in [-0.15, -0.1) is 0 Å². The Bertz CT molecular complexity index is 248. The van der Waals surface area contributed by atoms with E-state index in [2.05, 4.69) is 0 Å². The molecule has 92 valence electrons. The Kier molecular flexibility index (Phi) is 6.08. The number of carbonyl (C=O) groups is 2. The summed E-state index contributed by atoms with van der Waals surface area (Å²) in [6.07, 6.45) is 4.90. The van der Waals surface area contributed by atoms with E-state index >= 15 is 0 Å². The van der Waals surface area contributed by atoms with E-state index in [1.807, 2.05) is 22.6 Å². The minimum atomic E-state index is -0.892. The summed E-state index contributed by atoms with van der Waals surface area (Å²) in [6, 6.07) is 0. The molecule has 16 heavy (non-hydrogen) atoms. The molecule has 1 aliphatic carbocycles. The summed E-state index contributed by atoms with van der Waals surface area (Å²) in [5.41, 5.74) is 0. The first-order chi connectivity index (χ1) is 7.63. The molecule has 0 aromatic rings. The predicted molar refractivity (Wildman–Crippen MR) is 67.6 cm³/mol. The Labute approximate surface area is 109 Å². The summed E-state index contributed by atoms with van der Waals surface area (Å²) in [4.78, 5) is 22.0. The van der Waals surface area contributed by atoms with Gasteiger partial charge in [-0.25, -0.2) is 0 Å². The SMILES string of the molecule is O=C(O)CC(OC(=O)CI)C1CCCCC1. The second kappa shape index (κ2) is 7.09. The first kappa shape index (κ1) is 13.7. The molecule has 0 amide bonds. The van der Waals surface area contributed by atoms with Crippen molar-refractivity contribution in [1.82, 2.24) is 0 Å². The quantitative estimate of drug-likeness (QED) is 0.474. The van der Waals surface area contributed by atoms with Crippen molar-refractivity contribution >= 4 is 34.5 Å². The lowest BCUT2D eigenvalue weighted by Gasteiger charge is -2.28. The normalized spacial score (nSPS) is 19.1. The second-order valence-electron chi connectivity index (χ2n) is 4.16. The molecule has 1 aliphatic rings. The van der Waals surface area contributed by atoms with Crippen LogP contribution in [0.25, 0.3) is 0 Å². The molecule has 0 spiro atoms. The topological polar surface area (TPSA) is 63.6 Å². The molecule has 0 bridgehead atoms. The van der Waals surface area contributed by atoms with Crippen LogP contribution in [0.2, 0.25) is 0 Å². The average Bonchev–Trinajstić information content (AvgIpc) is 2.28. The maximum absolute atomic E-state index is 11.2. The summed E-state index contributed by atoms with van der Waals surface area (Å²) in [5.74, 6) is -0.967. The number of hydrogen-bond donors (Lipinski definition) is 1. The van der Waals surface area contributed by atoms with Gasteiger partial charge in [0.1, 0.15) is 6.10 Å². The molecule has 0 saturated heterocycles. The van der Waals surface area contributed by atoms with Crippen LogP contribution in [-0.2, 0) is 14.3 Å². The van der Waals surface area contributed by atoms with E-state index in [0.29, 0.717) is 0 Å². The highest BCUT2D eigenvalue weighted by Crippen LogP contribution is 2.29. The maximum atomic E-state index is 11.2. The number of hydrogen-bond acceptors (Lipinski definition) is 3. The molecule has 1 N–H and O–H groups in total. The van der Waals surface area contributed by atoms with Crippen molar-refractivity contribution in [3.8, 4) is 0 Å². The van der Waals surface area contributed by atoms with Crippen LogP contribution in [0.1, 0.15) is 38.5 Å². The van der Waals surface area contributed by atoms with Crippen LogP contribution < -0.4 is 0 Å². The van der Waals surface area contributed by atoms with E-state index in [-0.39, 0.29) is 22.7 Å². The Morgan fingerprint density at radius 2 is 1.94 bits per heavy atom. The molecule has 0 aromatic carbocycles. The van der Waals surface area contributed by atoms with Crippen molar-refractivity contribution in [2.24, 2.45) is 5.92 Å². The zero-order valence-corrected chi connectivity index (χ0v) is 11.3. The molecular weight excluding hydrogens is 323 g/mol. The molecule has 1 unspecified atom stereocenters. The number of rotatable bonds is 5. The molecule has 0 heterocycles. The molecular formula is C11H17IO4. The largest absolute Gasteiger partial charge is 0.481 e. The molecule has 1 rings (SSSR count). The minimum absolute atomic E-state index is 0.0625. The number of ether oxygens (including phenoxy) is 1. The van der Waals surface area contributed by atoms with Crippen LogP contribution in [0.15, 0.2) is 0 Å². The van der Waals surface area contributed by atoms with Crippen LogP contribution in [0.5, 0.6) is 0 Å². The van der Waals surface area contributed by atoms with Gasteiger partial charge in [0.15, 0.2) is 0 Å². The van der Waals surface area contributed by atoms with Crippen molar-refractivity contribution < 1.29 is 19.4 Å². The average molecular weight is 340 g/mol. The summed E-state index contributed by atoms with van der Waals surface area (Å²) < 4.78 is 5.50. The standard InChI is InChI=1S/C11H17IO4/c12-7-11(15)16-9(6-10(13)14)8-4-2-1-3-5-8/h8-9H,1-7H2,(H,13,14). The lowest BCUT2D eigenvalue weighted by molar-refractivity contribution is -0.153. The van der Waals surface area contributed by atoms with E-state index in [9.17, 15) is 9.59 Å². The molecule has 5 heteroatoms. The van der Waals surface area contributed by atoms with E-state index in [1.54, 1.807) is 0 Å². The molecule has 0 aromatic heterocycles. The van der Waals surface area contributed by atoms with Crippen molar-refractivity contribution in [3.05, 3.63) is 0 Å². The van der Waals surface area contributed by atoms with Crippen molar-refractivity contribution in [3.63, 3.8) is 0 Å². The van der Waals surface area contributed by atoms with Gasteiger partial charge < -0.3 is 9.84 Å². The van der Waals surface area contributed by atoms with E-state index in [1.165, 1.54) is 6.42 Å². The molecule has 1 atom stereocenters. The Balaban J connectivity index is 2.53. The van der Waals surface area contributed by atoms with E-state index in [4.69, 9.17) is 9.84 Å². The van der Waals surface area contributed by atoms with Gasteiger partial charge in [0.25, 0.3) is 0 Å². The van der Waals surface area contributed by atoms with Crippen LogP contribution in [-0.4, -0.2) is 27.6 Å². The smallest absolute Gasteiger partial charge is 0.316 e. The van der Waals surface area contributed by atoms with Crippen molar-refractivity contribution in [2.75, 3.05) is 4.43 Å². The van der Waals surface area contributed by atoms with Crippen LogP contribution in [0.3, 0.4) is 0 Å². The Morgan fingerprint density at radius 1 is 1.31 bits per heavy atom. The third-order valence-electron chi connectivity index (χ3n) is 2.94. The number of alkyl halides is 1. The summed E-state index contributed by atoms with van der Waals surface area (Å²) in [7, 11) is 0.